The summed E-state index contributed by atoms with van der Waals surface area (Å²) in [5.41, 5.74) is 0. The predicted molar refractivity (Wildman–Crippen MR) is 93.5 cm³/mol. The molecule has 0 unspecified atom stereocenters. The van der Waals surface area contributed by atoms with Crippen LogP contribution >= 0.6 is 0 Å². The van der Waals surface area contributed by atoms with Gasteiger partial charge in [-0.3, -0.25) is 0 Å². The lowest BCUT2D eigenvalue weighted by Crippen LogP contribution is -2.24. The molecule has 0 bridgehead atoms. The summed E-state index contributed by atoms with van der Waals surface area (Å²) in [6.45, 7) is 8.52. The van der Waals surface area contributed by atoms with E-state index in [1.807, 2.05) is 13.8 Å². The van der Waals surface area contributed by atoms with Crippen LogP contribution in [-0.2, 0) is 0 Å². The van der Waals surface area contributed by atoms with Gasteiger partial charge in [-0.25, -0.2) is 0 Å². The molecule has 4 nitrogen and oxygen atoms in total. The first kappa shape index (κ1) is 19.7. The Morgan fingerprint density at radius 2 is 1.05 bits per heavy atom. The lowest BCUT2D eigenvalue weighted by Gasteiger charge is -2.19. The average molecular weight is 297 g/mol. The maximum absolute atomic E-state index is 2.39. The van der Waals surface area contributed by atoms with Gasteiger partial charge in [0.25, 0.3) is 0 Å². The van der Waals surface area contributed by atoms with E-state index in [-0.39, 0.29) is 7.43 Å². The van der Waals surface area contributed by atoms with Crippen molar-refractivity contribution in [3.05, 3.63) is 24.8 Å². The minimum Gasteiger partial charge on any atom is -0.362 e. The highest BCUT2D eigenvalue weighted by atomic mass is 15.3. The van der Waals surface area contributed by atoms with Crippen molar-refractivity contribution in [2.24, 2.45) is 0 Å². The van der Waals surface area contributed by atoms with Gasteiger partial charge in [0.2, 0.25) is 0 Å². The van der Waals surface area contributed by atoms with Crippen LogP contribution in [0.3, 0.4) is 0 Å². The van der Waals surface area contributed by atoms with Crippen molar-refractivity contribution in [2.45, 2.75) is 47.0 Å². The molecule has 124 valence electrons. The van der Waals surface area contributed by atoms with E-state index < -0.39 is 0 Å². The van der Waals surface area contributed by atoms with Crippen LogP contribution in [0.15, 0.2) is 24.8 Å². The first-order valence-corrected chi connectivity index (χ1v) is 7.99. The van der Waals surface area contributed by atoms with Gasteiger partial charge < -0.3 is 19.6 Å². The largest absolute Gasteiger partial charge is 0.362 e. The molecule has 4 heteroatoms. The number of nitrogens with zero attached hydrogens (tertiary/aromatic N) is 4. The third-order valence-electron chi connectivity index (χ3n) is 3.51. The summed E-state index contributed by atoms with van der Waals surface area (Å²) in [5.74, 6) is 0. The summed E-state index contributed by atoms with van der Waals surface area (Å²) in [6.07, 6.45) is 14.0. The van der Waals surface area contributed by atoms with E-state index in [0.29, 0.717) is 0 Å². The molecule has 0 saturated heterocycles. The summed E-state index contributed by atoms with van der Waals surface area (Å²) >= 11 is 0. The van der Waals surface area contributed by atoms with Gasteiger partial charge >= 0.3 is 0 Å². The third kappa shape index (κ3) is 7.88. The Hall–Kier alpha value is -1.32. The first-order valence-electron chi connectivity index (χ1n) is 7.99. The van der Waals surface area contributed by atoms with Crippen molar-refractivity contribution in [1.82, 2.24) is 19.6 Å². The van der Waals surface area contributed by atoms with Gasteiger partial charge in [-0.2, -0.15) is 0 Å². The first-order chi connectivity index (χ1) is 9.74. The van der Waals surface area contributed by atoms with Crippen LogP contribution in [-0.4, -0.2) is 60.1 Å². The van der Waals surface area contributed by atoms with Gasteiger partial charge in [0.05, 0.1) is 13.3 Å². The molecule has 0 amide bonds. The SMILES string of the molecule is C.CC.CN1C=CN(CCCCCCN2C=CN(C)C2)C1. The second-order valence-electron chi connectivity index (χ2n) is 5.43. The summed E-state index contributed by atoms with van der Waals surface area (Å²) in [4.78, 5) is 9.21. The zero-order valence-electron chi connectivity index (χ0n) is 13.8. The zero-order chi connectivity index (χ0) is 14.8. The predicted octanol–water partition coefficient (Wildman–Crippen LogP) is 3.56. The third-order valence-corrected chi connectivity index (χ3v) is 3.51. The topological polar surface area (TPSA) is 13.0 Å². The molecule has 2 heterocycles. The lowest BCUT2D eigenvalue weighted by molar-refractivity contribution is 0.281. The fourth-order valence-electron chi connectivity index (χ4n) is 2.45. The lowest BCUT2D eigenvalue weighted by atomic mass is 10.2. The molecular formula is C17H36N4. The fourth-order valence-corrected chi connectivity index (χ4v) is 2.45. The molecule has 0 aromatic heterocycles. The molecule has 2 rings (SSSR count). The highest BCUT2D eigenvalue weighted by Crippen LogP contribution is 2.09. The molecular weight excluding hydrogens is 260 g/mol. The monoisotopic (exact) mass is 296 g/mol. The number of unbranched alkanes of at least 4 members (excludes halogenated alkanes) is 3. The zero-order valence-corrected chi connectivity index (χ0v) is 13.8. The van der Waals surface area contributed by atoms with Gasteiger partial charge in [0.1, 0.15) is 0 Å². The Balaban J connectivity index is 0.00000128. The summed E-state index contributed by atoms with van der Waals surface area (Å²) in [5, 5.41) is 0. The maximum atomic E-state index is 2.39. The van der Waals surface area contributed by atoms with E-state index in [1.165, 1.54) is 38.8 Å². The smallest absolute Gasteiger partial charge is 0.0890 e. The molecule has 0 saturated carbocycles. The molecule has 0 atom stereocenters. The van der Waals surface area contributed by atoms with Gasteiger partial charge in [-0.05, 0) is 12.8 Å². The quantitative estimate of drug-likeness (QED) is 0.666. The second-order valence-corrected chi connectivity index (χ2v) is 5.43. The second kappa shape index (κ2) is 11.4. The van der Waals surface area contributed by atoms with Crippen LogP contribution in [0.4, 0.5) is 0 Å². The molecule has 0 aromatic carbocycles. The van der Waals surface area contributed by atoms with Crippen LogP contribution in [0.2, 0.25) is 0 Å². The summed E-state index contributed by atoms with van der Waals surface area (Å²) < 4.78 is 0. The van der Waals surface area contributed by atoms with E-state index >= 15 is 0 Å². The van der Waals surface area contributed by atoms with Gasteiger partial charge in [0.15, 0.2) is 0 Å². The van der Waals surface area contributed by atoms with E-state index in [1.54, 1.807) is 0 Å². The van der Waals surface area contributed by atoms with Crippen LogP contribution in [0.5, 0.6) is 0 Å². The molecule has 2 aliphatic heterocycles. The Kier molecular flexibility index (Phi) is 10.6. The van der Waals surface area contributed by atoms with E-state index in [4.69, 9.17) is 0 Å². The maximum Gasteiger partial charge on any atom is 0.0890 e. The van der Waals surface area contributed by atoms with Crippen LogP contribution < -0.4 is 0 Å². The average Bonchev–Trinajstić information content (AvgIpc) is 3.05. The number of rotatable bonds is 7. The Morgan fingerprint density at radius 3 is 1.33 bits per heavy atom. The van der Waals surface area contributed by atoms with Crippen molar-refractivity contribution < 1.29 is 0 Å². The highest BCUT2D eigenvalue weighted by Gasteiger charge is 2.08. The number of hydrogen-bond acceptors (Lipinski definition) is 4. The standard InChI is InChI=1S/C14H26N4.C2H6.CH4/c1-15-9-11-17(13-15)7-5-3-4-6-8-18-12-10-16(2)14-18;1-2;/h9-12H,3-8,13-14H2,1-2H3;1-2H3;1H4. The molecule has 0 fully saturated rings. The molecule has 2 aliphatic rings. The van der Waals surface area contributed by atoms with Crippen LogP contribution in [0, 0.1) is 0 Å². The van der Waals surface area contributed by atoms with E-state index in [2.05, 4.69) is 58.5 Å². The van der Waals surface area contributed by atoms with E-state index in [9.17, 15) is 0 Å². The molecule has 0 radical (unpaired) electrons. The van der Waals surface area contributed by atoms with E-state index in [0.717, 1.165) is 13.3 Å². The fraction of sp³-hybridized carbons (Fsp3) is 0.765. The Bertz CT molecular complexity index is 271. The minimum absolute atomic E-state index is 0. The van der Waals surface area contributed by atoms with Crippen molar-refractivity contribution in [2.75, 3.05) is 40.5 Å². The molecule has 0 aliphatic carbocycles. The van der Waals surface area contributed by atoms with Gasteiger partial charge in [0, 0.05) is 52.0 Å². The van der Waals surface area contributed by atoms with Crippen molar-refractivity contribution in [1.29, 1.82) is 0 Å². The van der Waals surface area contributed by atoms with Crippen LogP contribution in [0.25, 0.3) is 0 Å². The molecule has 0 N–H and O–H groups in total. The molecule has 21 heavy (non-hydrogen) atoms. The highest BCUT2D eigenvalue weighted by molar-refractivity contribution is 4.89. The van der Waals surface area contributed by atoms with Gasteiger partial charge in [-0.15, -0.1) is 0 Å². The normalized spacial score (nSPS) is 16.2. The van der Waals surface area contributed by atoms with Crippen molar-refractivity contribution in [3.63, 3.8) is 0 Å². The summed E-state index contributed by atoms with van der Waals surface area (Å²) in [7, 11) is 4.24. The minimum atomic E-state index is 0. The van der Waals surface area contributed by atoms with Crippen molar-refractivity contribution >= 4 is 0 Å². The number of hydrogen-bond donors (Lipinski definition) is 0. The molecule has 0 aromatic rings. The van der Waals surface area contributed by atoms with Gasteiger partial charge in [-0.1, -0.05) is 34.1 Å². The summed E-state index contributed by atoms with van der Waals surface area (Å²) in [6, 6.07) is 0. The Morgan fingerprint density at radius 1 is 0.667 bits per heavy atom. The van der Waals surface area contributed by atoms with Crippen molar-refractivity contribution in [3.8, 4) is 0 Å². The molecule has 0 spiro atoms. The van der Waals surface area contributed by atoms with Crippen LogP contribution in [0.1, 0.15) is 47.0 Å². The Labute approximate surface area is 132 Å².